The first-order chi connectivity index (χ1) is 21.8. The third kappa shape index (κ3) is 7.42. The average Bonchev–Trinajstić information content (AvgIpc) is 3.05. The maximum Gasteiger partial charge on any atom is 0.167 e. The Bertz CT molecular complexity index is 1570. The smallest absolute Gasteiger partial charge is 0.167 e. The first-order valence-corrected chi connectivity index (χ1v) is 16.4. The minimum Gasteiger partial charge on any atom is -0.507 e. The van der Waals surface area contributed by atoms with Gasteiger partial charge in [0.2, 0.25) is 0 Å². The van der Waals surface area contributed by atoms with Crippen LogP contribution < -0.4 is 4.74 Å². The molecular weight excluding hydrogens is 574 g/mol. The van der Waals surface area contributed by atoms with Crippen molar-refractivity contribution in [3.05, 3.63) is 73.8 Å². The van der Waals surface area contributed by atoms with Gasteiger partial charge in [-0.3, -0.25) is 0 Å². The summed E-state index contributed by atoms with van der Waals surface area (Å²) in [5, 5.41) is 21.4. The van der Waals surface area contributed by atoms with Gasteiger partial charge in [-0.25, -0.2) is 15.0 Å². The molecule has 46 heavy (non-hydrogen) atoms. The van der Waals surface area contributed by atoms with Gasteiger partial charge in [0, 0.05) is 23.8 Å². The number of aliphatic hydroxyl groups is 1. The molecule has 0 saturated heterocycles. The standard InChI is InChI=1S/C37H47N3O4.C2H6/c1-12-15-43-17-29(41)18-44-30-13-14-31(32(42)16-30)35-38-36(33-25(8)21(4)19(2)22(5)26(33)9)40-37(39-35)34-27(10)23(6)20(3)24(7)28(34)11;1-2/h13-14,16,29,41-42H,12,15,17-18H2,1-11H3;1-2H3. The predicted molar refractivity (Wildman–Crippen MR) is 189 cm³/mol. The molecule has 0 spiro atoms. The molecule has 1 heterocycles. The molecular formula is C39H53N3O4. The molecule has 2 N–H and O–H groups in total. The van der Waals surface area contributed by atoms with Crippen LogP contribution in [-0.4, -0.2) is 51.1 Å². The highest BCUT2D eigenvalue weighted by atomic mass is 16.5. The Hall–Kier alpha value is -3.81. The van der Waals surface area contributed by atoms with Gasteiger partial charge in [-0.2, -0.15) is 0 Å². The number of hydrogen-bond acceptors (Lipinski definition) is 7. The van der Waals surface area contributed by atoms with Gasteiger partial charge >= 0.3 is 0 Å². The van der Waals surface area contributed by atoms with E-state index in [1.165, 1.54) is 39.4 Å². The van der Waals surface area contributed by atoms with E-state index in [2.05, 4.69) is 69.2 Å². The lowest BCUT2D eigenvalue weighted by Crippen LogP contribution is -2.23. The van der Waals surface area contributed by atoms with Crippen LogP contribution in [0.3, 0.4) is 0 Å². The summed E-state index contributed by atoms with van der Waals surface area (Å²) in [4.78, 5) is 15.1. The summed E-state index contributed by atoms with van der Waals surface area (Å²) in [6, 6.07) is 5.04. The third-order valence-corrected chi connectivity index (χ3v) is 9.39. The Kier molecular flexibility index (Phi) is 12.5. The lowest BCUT2D eigenvalue weighted by atomic mass is 9.88. The van der Waals surface area contributed by atoms with Crippen LogP contribution in [0.25, 0.3) is 34.2 Å². The molecule has 0 radical (unpaired) electrons. The summed E-state index contributed by atoms with van der Waals surface area (Å²) in [5.74, 6) is 1.96. The lowest BCUT2D eigenvalue weighted by Gasteiger charge is -2.21. The normalized spacial score (nSPS) is 11.7. The highest BCUT2D eigenvalue weighted by Gasteiger charge is 2.23. The molecule has 4 aromatic rings. The summed E-state index contributed by atoms with van der Waals surface area (Å²) in [6.45, 7) is 28.2. The maximum atomic E-state index is 11.2. The summed E-state index contributed by atoms with van der Waals surface area (Å²) in [5.41, 5.74) is 14.4. The number of phenolic OH excluding ortho intramolecular Hbond substituents is 1. The van der Waals surface area contributed by atoms with Gasteiger partial charge in [0.05, 0.1) is 12.2 Å². The maximum absolute atomic E-state index is 11.2. The Morgan fingerprint density at radius 3 is 1.43 bits per heavy atom. The van der Waals surface area contributed by atoms with E-state index in [1.54, 1.807) is 12.1 Å². The van der Waals surface area contributed by atoms with Crippen LogP contribution in [0.4, 0.5) is 0 Å². The van der Waals surface area contributed by atoms with Gasteiger partial charge in [-0.05, 0) is 143 Å². The van der Waals surface area contributed by atoms with Crippen LogP contribution in [0.1, 0.15) is 82.8 Å². The Morgan fingerprint density at radius 2 is 1.02 bits per heavy atom. The molecule has 0 amide bonds. The highest BCUT2D eigenvalue weighted by molar-refractivity contribution is 5.77. The molecule has 0 aliphatic rings. The number of hydrogen-bond donors (Lipinski definition) is 2. The van der Waals surface area contributed by atoms with Crippen molar-refractivity contribution < 1.29 is 19.7 Å². The zero-order chi connectivity index (χ0) is 34.5. The van der Waals surface area contributed by atoms with Gasteiger partial charge in [-0.1, -0.05) is 20.8 Å². The molecule has 1 aromatic heterocycles. The fourth-order valence-corrected chi connectivity index (χ4v) is 5.79. The van der Waals surface area contributed by atoms with Crippen molar-refractivity contribution in [2.75, 3.05) is 19.8 Å². The first kappa shape index (κ1) is 36.7. The van der Waals surface area contributed by atoms with Gasteiger partial charge in [0.15, 0.2) is 17.5 Å². The summed E-state index contributed by atoms with van der Waals surface area (Å²) < 4.78 is 11.2. The van der Waals surface area contributed by atoms with E-state index in [-0.39, 0.29) is 19.0 Å². The van der Waals surface area contributed by atoms with Gasteiger partial charge < -0.3 is 19.7 Å². The van der Waals surface area contributed by atoms with Crippen LogP contribution in [-0.2, 0) is 4.74 Å². The van der Waals surface area contributed by atoms with Crippen LogP contribution in [0.5, 0.6) is 11.5 Å². The van der Waals surface area contributed by atoms with Crippen molar-refractivity contribution in [3.8, 4) is 45.7 Å². The van der Waals surface area contributed by atoms with Crippen LogP contribution in [0, 0.1) is 69.2 Å². The minimum atomic E-state index is -0.766. The average molecular weight is 628 g/mol. The number of aromatic nitrogens is 3. The fourth-order valence-electron chi connectivity index (χ4n) is 5.79. The van der Waals surface area contributed by atoms with Crippen LogP contribution in [0.2, 0.25) is 0 Å². The van der Waals surface area contributed by atoms with E-state index < -0.39 is 6.10 Å². The van der Waals surface area contributed by atoms with E-state index in [4.69, 9.17) is 24.4 Å². The van der Waals surface area contributed by atoms with Crippen molar-refractivity contribution in [3.63, 3.8) is 0 Å². The molecule has 7 heteroatoms. The molecule has 248 valence electrons. The van der Waals surface area contributed by atoms with Gasteiger partial charge in [-0.15, -0.1) is 0 Å². The molecule has 1 atom stereocenters. The lowest BCUT2D eigenvalue weighted by molar-refractivity contribution is 0.0123. The van der Waals surface area contributed by atoms with Crippen molar-refractivity contribution in [2.45, 2.75) is 103 Å². The second kappa shape index (κ2) is 15.7. The SMILES string of the molecule is CC.CCCOCC(O)COc1ccc(-c2nc(-c3c(C)c(C)c(C)c(C)c3C)nc(-c3c(C)c(C)c(C)c(C)c3C)n2)c(O)c1. The highest BCUT2D eigenvalue weighted by Crippen LogP contribution is 2.38. The topological polar surface area (TPSA) is 97.6 Å². The fraction of sp³-hybridized carbons (Fsp3) is 0.462. The largest absolute Gasteiger partial charge is 0.507 e. The Balaban J connectivity index is 0.00000282. The van der Waals surface area contributed by atoms with E-state index in [0.717, 1.165) is 39.8 Å². The second-order valence-corrected chi connectivity index (χ2v) is 12.0. The second-order valence-electron chi connectivity index (χ2n) is 12.0. The van der Waals surface area contributed by atoms with E-state index in [9.17, 15) is 10.2 Å². The zero-order valence-electron chi connectivity index (χ0n) is 30.2. The Labute approximate surface area is 276 Å². The van der Waals surface area contributed by atoms with Crippen molar-refractivity contribution in [2.24, 2.45) is 0 Å². The van der Waals surface area contributed by atoms with E-state index >= 15 is 0 Å². The molecule has 0 aliphatic carbocycles. The number of nitrogens with zero attached hydrogens (tertiary/aromatic N) is 3. The third-order valence-electron chi connectivity index (χ3n) is 9.39. The minimum absolute atomic E-state index is 0.0169. The summed E-state index contributed by atoms with van der Waals surface area (Å²) in [6.07, 6.45) is 0.117. The number of ether oxygens (including phenoxy) is 2. The van der Waals surface area contributed by atoms with Crippen LogP contribution >= 0.6 is 0 Å². The molecule has 0 bridgehead atoms. The number of aliphatic hydroxyl groups excluding tert-OH is 1. The van der Waals surface area contributed by atoms with E-state index in [1.807, 2.05) is 20.8 Å². The molecule has 4 rings (SSSR count). The van der Waals surface area contributed by atoms with Crippen molar-refractivity contribution in [1.82, 2.24) is 15.0 Å². The summed E-state index contributed by atoms with van der Waals surface area (Å²) in [7, 11) is 0. The quantitative estimate of drug-likeness (QED) is 0.170. The molecule has 7 nitrogen and oxygen atoms in total. The predicted octanol–water partition coefficient (Wildman–Crippen LogP) is 8.85. The summed E-state index contributed by atoms with van der Waals surface area (Å²) >= 11 is 0. The van der Waals surface area contributed by atoms with Gasteiger partial charge in [0.1, 0.15) is 24.2 Å². The molecule has 3 aromatic carbocycles. The number of aromatic hydroxyl groups is 1. The first-order valence-electron chi connectivity index (χ1n) is 16.4. The van der Waals surface area contributed by atoms with Crippen LogP contribution in [0.15, 0.2) is 18.2 Å². The molecule has 0 saturated carbocycles. The monoisotopic (exact) mass is 627 g/mol. The van der Waals surface area contributed by atoms with Crippen molar-refractivity contribution in [1.29, 1.82) is 0 Å². The molecule has 0 fully saturated rings. The molecule has 0 aliphatic heterocycles. The number of benzene rings is 3. The van der Waals surface area contributed by atoms with Gasteiger partial charge in [0.25, 0.3) is 0 Å². The molecule has 1 unspecified atom stereocenters. The van der Waals surface area contributed by atoms with E-state index in [0.29, 0.717) is 35.4 Å². The number of rotatable bonds is 10. The zero-order valence-corrected chi connectivity index (χ0v) is 30.2. The van der Waals surface area contributed by atoms with Crippen molar-refractivity contribution >= 4 is 0 Å². The number of phenols is 1. The Morgan fingerprint density at radius 1 is 0.609 bits per heavy atom.